The summed E-state index contributed by atoms with van der Waals surface area (Å²) < 4.78 is 5.20. The predicted molar refractivity (Wildman–Crippen MR) is 113 cm³/mol. The van der Waals surface area contributed by atoms with Crippen molar-refractivity contribution in [1.29, 1.82) is 0 Å². The predicted octanol–water partition coefficient (Wildman–Crippen LogP) is 4.18. The summed E-state index contributed by atoms with van der Waals surface area (Å²) in [5.74, 6) is -0.779. The zero-order valence-electron chi connectivity index (χ0n) is 17.1. The Bertz CT molecular complexity index is 860. The molecule has 2 rings (SSSR count). The highest BCUT2D eigenvalue weighted by Crippen LogP contribution is 2.18. The second-order valence-electron chi connectivity index (χ2n) is 7.46. The fourth-order valence-corrected chi connectivity index (χ4v) is 2.53. The normalized spacial score (nSPS) is 11.9. The molecular formula is C22H27N3O4. The molecule has 3 N–H and O–H groups in total. The number of para-hydroxylation sites is 2. The highest BCUT2D eigenvalue weighted by molar-refractivity contribution is 6.10. The number of hydrogen-bond donors (Lipinski definition) is 3. The van der Waals surface area contributed by atoms with Crippen molar-refractivity contribution in [3.8, 4) is 0 Å². The summed E-state index contributed by atoms with van der Waals surface area (Å²) in [6.07, 6.45) is -0.307. The van der Waals surface area contributed by atoms with Gasteiger partial charge in [-0.2, -0.15) is 0 Å². The van der Waals surface area contributed by atoms with Crippen LogP contribution in [0.5, 0.6) is 0 Å². The highest BCUT2D eigenvalue weighted by atomic mass is 16.6. The maximum Gasteiger partial charge on any atom is 0.408 e. The minimum atomic E-state index is -0.796. The van der Waals surface area contributed by atoms with Crippen LogP contribution in [0.2, 0.25) is 0 Å². The molecule has 0 saturated heterocycles. The molecule has 1 unspecified atom stereocenters. The number of rotatable bonds is 6. The molecule has 154 valence electrons. The fraction of sp³-hybridized carbons (Fsp3) is 0.318. The van der Waals surface area contributed by atoms with E-state index >= 15 is 0 Å². The van der Waals surface area contributed by atoms with E-state index in [0.717, 1.165) is 0 Å². The standard InChI is InChI=1S/C22H27N3O4/c1-5-17(25-21(28)29-22(2,3)4)20(27)24-18-14-10-9-13-16(18)19(26)23-15-11-7-6-8-12-15/h6-14,17H,5H2,1-4H3,(H,23,26)(H,24,27)(H,25,28). The van der Waals surface area contributed by atoms with Crippen LogP contribution in [0.3, 0.4) is 0 Å². The molecule has 0 aliphatic heterocycles. The second-order valence-corrected chi connectivity index (χ2v) is 7.46. The lowest BCUT2D eigenvalue weighted by Gasteiger charge is -2.23. The number of carbonyl (C=O) groups is 3. The van der Waals surface area contributed by atoms with E-state index in [9.17, 15) is 14.4 Å². The van der Waals surface area contributed by atoms with Gasteiger partial charge in [-0.1, -0.05) is 37.3 Å². The maximum atomic E-state index is 12.7. The maximum absolute atomic E-state index is 12.7. The summed E-state index contributed by atoms with van der Waals surface area (Å²) in [5, 5.41) is 8.08. The van der Waals surface area contributed by atoms with Gasteiger partial charge in [0.25, 0.3) is 5.91 Å². The molecule has 7 heteroatoms. The first-order valence-electron chi connectivity index (χ1n) is 9.45. The first-order valence-corrected chi connectivity index (χ1v) is 9.45. The number of alkyl carbamates (subject to hydrolysis) is 1. The van der Waals surface area contributed by atoms with Gasteiger partial charge in [0.1, 0.15) is 11.6 Å². The molecule has 1 atom stereocenters. The van der Waals surface area contributed by atoms with E-state index in [0.29, 0.717) is 23.4 Å². The highest BCUT2D eigenvalue weighted by Gasteiger charge is 2.24. The van der Waals surface area contributed by atoms with Crippen molar-refractivity contribution < 1.29 is 19.1 Å². The van der Waals surface area contributed by atoms with Gasteiger partial charge in [0.2, 0.25) is 5.91 Å². The average Bonchev–Trinajstić information content (AvgIpc) is 2.65. The van der Waals surface area contributed by atoms with Gasteiger partial charge in [-0.25, -0.2) is 4.79 Å². The minimum Gasteiger partial charge on any atom is -0.444 e. The second kappa shape index (κ2) is 9.73. The lowest BCUT2D eigenvalue weighted by molar-refractivity contribution is -0.118. The van der Waals surface area contributed by atoms with Crippen LogP contribution in [0.4, 0.5) is 16.2 Å². The van der Waals surface area contributed by atoms with E-state index < -0.39 is 23.6 Å². The Morgan fingerprint density at radius 3 is 2.17 bits per heavy atom. The van der Waals surface area contributed by atoms with Gasteiger partial charge >= 0.3 is 6.09 Å². The molecule has 0 radical (unpaired) electrons. The molecule has 0 fully saturated rings. The van der Waals surface area contributed by atoms with E-state index in [4.69, 9.17) is 4.74 Å². The number of hydrogen-bond acceptors (Lipinski definition) is 4. The van der Waals surface area contributed by atoms with Gasteiger partial charge < -0.3 is 20.7 Å². The van der Waals surface area contributed by atoms with E-state index in [1.54, 1.807) is 64.1 Å². The smallest absolute Gasteiger partial charge is 0.408 e. The Morgan fingerprint density at radius 2 is 1.55 bits per heavy atom. The largest absolute Gasteiger partial charge is 0.444 e. The Balaban J connectivity index is 2.09. The Hall–Kier alpha value is -3.35. The number of anilines is 2. The molecule has 2 aromatic carbocycles. The summed E-state index contributed by atoms with van der Waals surface area (Å²) in [7, 11) is 0. The van der Waals surface area contributed by atoms with Gasteiger partial charge in [-0.15, -0.1) is 0 Å². The Kier molecular flexibility index (Phi) is 7.36. The Labute approximate surface area is 170 Å². The molecule has 0 heterocycles. The topological polar surface area (TPSA) is 96.5 Å². The summed E-state index contributed by atoms with van der Waals surface area (Å²) in [4.78, 5) is 37.3. The molecule has 0 spiro atoms. The fourth-order valence-electron chi connectivity index (χ4n) is 2.53. The molecule has 0 saturated carbocycles. The van der Waals surface area contributed by atoms with Gasteiger partial charge in [0.05, 0.1) is 11.3 Å². The van der Waals surface area contributed by atoms with Crippen LogP contribution in [0.25, 0.3) is 0 Å². The van der Waals surface area contributed by atoms with Crippen molar-refractivity contribution in [3.05, 3.63) is 60.2 Å². The van der Waals surface area contributed by atoms with Gasteiger partial charge in [-0.3, -0.25) is 9.59 Å². The molecule has 0 bridgehead atoms. The van der Waals surface area contributed by atoms with Gasteiger partial charge in [0.15, 0.2) is 0 Å². The monoisotopic (exact) mass is 397 g/mol. The van der Waals surface area contributed by atoms with Crippen molar-refractivity contribution in [3.63, 3.8) is 0 Å². The van der Waals surface area contributed by atoms with Gasteiger partial charge in [0, 0.05) is 5.69 Å². The van der Waals surface area contributed by atoms with Crippen molar-refractivity contribution >= 4 is 29.3 Å². The number of carbonyl (C=O) groups excluding carboxylic acids is 3. The number of amides is 3. The zero-order valence-corrected chi connectivity index (χ0v) is 17.1. The molecule has 0 aromatic heterocycles. The SMILES string of the molecule is CCC(NC(=O)OC(C)(C)C)C(=O)Nc1ccccc1C(=O)Nc1ccccc1. The third-order valence-corrected chi connectivity index (χ3v) is 3.88. The van der Waals surface area contributed by atoms with E-state index in [2.05, 4.69) is 16.0 Å². The van der Waals surface area contributed by atoms with E-state index in [1.165, 1.54) is 0 Å². The number of benzene rings is 2. The summed E-state index contributed by atoms with van der Waals surface area (Å²) >= 11 is 0. The molecule has 0 aliphatic carbocycles. The molecular weight excluding hydrogens is 370 g/mol. The third-order valence-electron chi connectivity index (χ3n) is 3.88. The van der Waals surface area contributed by atoms with Crippen LogP contribution >= 0.6 is 0 Å². The number of nitrogens with one attached hydrogen (secondary N) is 3. The summed E-state index contributed by atoms with van der Waals surface area (Å²) in [6.45, 7) is 7.01. The lowest BCUT2D eigenvalue weighted by atomic mass is 10.1. The number of ether oxygens (including phenoxy) is 1. The quantitative estimate of drug-likeness (QED) is 0.681. The molecule has 7 nitrogen and oxygen atoms in total. The molecule has 3 amide bonds. The molecule has 29 heavy (non-hydrogen) atoms. The van der Waals surface area contributed by atoms with Crippen LogP contribution in [0, 0.1) is 0 Å². The van der Waals surface area contributed by atoms with Crippen LogP contribution in [-0.4, -0.2) is 29.6 Å². The van der Waals surface area contributed by atoms with Crippen molar-refractivity contribution in [2.75, 3.05) is 10.6 Å². The minimum absolute atomic E-state index is 0.317. The lowest BCUT2D eigenvalue weighted by Crippen LogP contribution is -2.45. The van der Waals surface area contributed by atoms with Crippen LogP contribution < -0.4 is 16.0 Å². The first kappa shape index (κ1) is 21.9. The first-order chi connectivity index (χ1) is 13.7. The van der Waals surface area contributed by atoms with Crippen molar-refractivity contribution in [1.82, 2.24) is 5.32 Å². The summed E-state index contributed by atoms with van der Waals surface area (Å²) in [5.41, 5.74) is 0.657. The summed E-state index contributed by atoms with van der Waals surface area (Å²) in [6, 6.07) is 14.9. The zero-order chi connectivity index (χ0) is 21.4. The van der Waals surface area contributed by atoms with Crippen molar-refractivity contribution in [2.45, 2.75) is 45.8 Å². The Morgan fingerprint density at radius 1 is 0.931 bits per heavy atom. The van der Waals surface area contributed by atoms with Crippen LogP contribution in [-0.2, 0) is 9.53 Å². The molecule has 2 aromatic rings. The molecule has 0 aliphatic rings. The van der Waals surface area contributed by atoms with Crippen LogP contribution in [0.15, 0.2) is 54.6 Å². The van der Waals surface area contributed by atoms with Crippen LogP contribution in [0.1, 0.15) is 44.5 Å². The van der Waals surface area contributed by atoms with Crippen molar-refractivity contribution in [2.24, 2.45) is 0 Å². The van der Waals surface area contributed by atoms with Gasteiger partial charge in [-0.05, 0) is 51.5 Å². The average molecular weight is 397 g/mol. The van der Waals surface area contributed by atoms with E-state index in [-0.39, 0.29) is 5.91 Å². The third kappa shape index (κ3) is 6.95. The van der Waals surface area contributed by atoms with E-state index in [1.807, 2.05) is 18.2 Å².